The maximum atomic E-state index is 12.7. The molecule has 2 bridgehead atoms. The summed E-state index contributed by atoms with van der Waals surface area (Å²) in [4.78, 5) is 35.8. The van der Waals surface area contributed by atoms with Gasteiger partial charge in [-0.2, -0.15) is 10.1 Å². The number of nitrogens with zero attached hydrogens (tertiary/aromatic N) is 3. The van der Waals surface area contributed by atoms with E-state index in [0.717, 1.165) is 17.0 Å². The Bertz CT molecular complexity index is 1180. The number of amides is 2. The van der Waals surface area contributed by atoms with Crippen LogP contribution in [-0.2, 0) is 16.2 Å². The molecule has 2 aromatic carbocycles. The van der Waals surface area contributed by atoms with E-state index in [9.17, 15) is 19.7 Å². The van der Waals surface area contributed by atoms with Gasteiger partial charge in [-0.15, -0.1) is 0 Å². The second-order valence-corrected chi connectivity index (χ2v) is 9.52. The number of halogens is 2. The van der Waals surface area contributed by atoms with Gasteiger partial charge in [-0.25, -0.2) is 0 Å². The van der Waals surface area contributed by atoms with Gasteiger partial charge in [-0.3, -0.25) is 19.7 Å². The summed E-state index contributed by atoms with van der Waals surface area (Å²) in [6, 6.07) is 9.39. The molecule has 5 rings (SSSR count). The fraction of sp³-hybridized carbons (Fsp3) is 0.261. The normalized spacial score (nSPS) is 25.3. The molecule has 2 fully saturated rings. The number of fused-ring (bicyclic) bond motifs is 5. The minimum absolute atomic E-state index is 0.00381. The van der Waals surface area contributed by atoms with Crippen molar-refractivity contribution in [3.05, 3.63) is 79.3 Å². The number of hydrogen-bond acceptors (Lipinski definition) is 6. The van der Waals surface area contributed by atoms with E-state index < -0.39 is 4.92 Å². The van der Waals surface area contributed by atoms with Gasteiger partial charge in [0.15, 0.2) is 5.75 Å². The first kappa shape index (κ1) is 21.8. The lowest BCUT2D eigenvalue weighted by Gasteiger charge is -2.13. The van der Waals surface area contributed by atoms with Crippen molar-refractivity contribution in [1.29, 1.82) is 0 Å². The molecule has 0 radical (unpaired) electrons. The summed E-state index contributed by atoms with van der Waals surface area (Å²) in [5.74, 6) is -0.416. The average Bonchev–Trinajstić information content (AvgIpc) is 3.46. The van der Waals surface area contributed by atoms with Gasteiger partial charge < -0.3 is 4.74 Å². The minimum Gasteiger partial charge on any atom is -0.486 e. The summed E-state index contributed by atoms with van der Waals surface area (Å²) in [6.07, 6.45) is 6.38. The predicted molar refractivity (Wildman–Crippen MR) is 124 cm³/mol. The van der Waals surface area contributed by atoms with Crippen LogP contribution >= 0.6 is 27.5 Å². The van der Waals surface area contributed by atoms with Crippen LogP contribution in [0.4, 0.5) is 5.69 Å². The van der Waals surface area contributed by atoms with E-state index in [4.69, 9.17) is 16.3 Å². The number of nitro benzene ring substituents is 1. The lowest BCUT2D eigenvalue weighted by molar-refractivity contribution is -0.384. The van der Waals surface area contributed by atoms with Crippen LogP contribution in [-0.4, -0.2) is 28.0 Å². The molecule has 2 aliphatic carbocycles. The van der Waals surface area contributed by atoms with E-state index in [1.54, 1.807) is 24.3 Å². The number of hydrazone groups is 1. The first-order valence-corrected chi connectivity index (χ1v) is 11.5. The molecule has 2 aromatic rings. The summed E-state index contributed by atoms with van der Waals surface area (Å²) in [5.41, 5.74) is 1.34. The Morgan fingerprint density at radius 1 is 1.15 bits per heavy atom. The zero-order valence-electron chi connectivity index (χ0n) is 17.1. The molecule has 1 heterocycles. The summed E-state index contributed by atoms with van der Waals surface area (Å²) in [7, 11) is 0. The maximum Gasteiger partial charge on any atom is 0.269 e. The highest BCUT2D eigenvalue weighted by atomic mass is 79.9. The van der Waals surface area contributed by atoms with Gasteiger partial charge in [-0.05, 0) is 69.6 Å². The van der Waals surface area contributed by atoms with Crippen LogP contribution in [0.15, 0.2) is 58.1 Å². The first-order chi connectivity index (χ1) is 15.8. The van der Waals surface area contributed by atoms with E-state index >= 15 is 0 Å². The van der Waals surface area contributed by atoms with E-state index in [0.29, 0.717) is 20.8 Å². The molecule has 0 spiro atoms. The Kier molecular flexibility index (Phi) is 5.54. The van der Waals surface area contributed by atoms with Gasteiger partial charge in [0.25, 0.3) is 17.5 Å². The van der Waals surface area contributed by atoms with Crippen molar-refractivity contribution in [2.75, 3.05) is 0 Å². The molecule has 0 unspecified atom stereocenters. The number of carbonyl (C=O) groups excluding carboxylic acids is 2. The molecule has 1 saturated heterocycles. The zero-order valence-corrected chi connectivity index (χ0v) is 19.4. The Hall–Kier alpha value is -3.04. The molecule has 10 heteroatoms. The van der Waals surface area contributed by atoms with Crippen molar-refractivity contribution < 1.29 is 19.2 Å². The van der Waals surface area contributed by atoms with Crippen LogP contribution in [0.25, 0.3) is 0 Å². The summed E-state index contributed by atoms with van der Waals surface area (Å²) in [6.45, 7) is 0.166. The number of nitro groups is 1. The van der Waals surface area contributed by atoms with Crippen molar-refractivity contribution in [2.45, 2.75) is 13.0 Å². The van der Waals surface area contributed by atoms with Crippen LogP contribution in [0, 0.1) is 33.8 Å². The number of ether oxygens (including phenoxy) is 1. The number of carbonyl (C=O) groups is 2. The first-order valence-electron chi connectivity index (χ1n) is 10.3. The number of allylic oxidation sites excluding steroid dienone is 2. The SMILES string of the molecule is O=C1[C@@H]2[C@H](C(=O)N1N=Cc1cc(Cl)c(OCc3ccc([N+](=O)[O-])cc3)c(Br)c1)[C@H]1C=C[C@H]2C1. The molecule has 4 atom stereocenters. The van der Waals surface area contributed by atoms with Gasteiger partial charge in [0.2, 0.25) is 0 Å². The van der Waals surface area contributed by atoms with Crippen molar-refractivity contribution in [2.24, 2.45) is 28.8 Å². The van der Waals surface area contributed by atoms with E-state index in [2.05, 4.69) is 21.0 Å². The van der Waals surface area contributed by atoms with Crippen LogP contribution in [0.2, 0.25) is 5.02 Å². The van der Waals surface area contributed by atoms with Crippen LogP contribution < -0.4 is 4.74 Å². The minimum atomic E-state index is -0.463. The zero-order chi connectivity index (χ0) is 23.3. The van der Waals surface area contributed by atoms with E-state index in [-0.39, 0.29) is 47.8 Å². The molecule has 8 nitrogen and oxygen atoms in total. The fourth-order valence-electron chi connectivity index (χ4n) is 4.79. The highest BCUT2D eigenvalue weighted by Gasteiger charge is 2.59. The molecule has 168 valence electrons. The van der Waals surface area contributed by atoms with Crippen molar-refractivity contribution in [1.82, 2.24) is 5.01 Å². The van der Waals surface area contributed by atoms with Gasteiger partial charge in [0.05, 0.1) is 32.5 Å². The molecule has 3 aliphatic rings. The average molecular weight is 531 g/mol. The number of rotatable bonds is 6. The van der Waals surface area contributed by atoms with Gasteiger partial charge >= 0.3 is 0 Å². The molecule has 33 heavy (non-hydrogen) atoms. The number of hydrogen-bond donors (Lipinski definition) is 0. The van der Waals surface area contributed by atoms with Crippen LogP contribution in [0.1, 0.15) is 17.5 Å². The topological polar surface area (TPSA) is 102 Å². The second kappa shape index (κ2) is 8.39. The molecular weight excluding hydrogens is 514 g/mol. The lowest BCUT2D eigenvalue weighted by atomic mass is 9.85. The molecule has 0 aromatic heterocycles. The summed E-state index contributed by atoms with van der Waals surface area (Å²) in [5, 5.41) is 16.2. The lowest BCUT2D eigenvalue weighted by Crippen LogP contribution is -2.28. The Balaban J connectivity index is 1.28. The van der Waals surface area contributed by atoms with Crippen molar-refractivity contribution in [3.8, 4) is 5.75 Å². The van der Waals surface area contributed by atoms with E-state index in [1.165, 1.54) is 18.3 Å². The third-order valence-corrected chi connectivity index (χ3v) is 7.19. The fourth-order valence-corrected chi connectivity index (χ4v) is 5.77. The standard InChI is InChI=1S/C23H17BrClN3O5/c24-17-7-13(8-18(25)21(17)33-11-12-1-5-16(6-2-12)28(31)32)10-26-27-22(29)19-14-3-4-15(9-14)20(19)23(27)30/h1-8,10,14-15,19-20H,9,11H2/t14-,15-,19-,20+/m0/s1. The van der Waals surface area contributed by atoms with Crippen LogP contribution in [0.3, 0.4) is 0 Å². The quantitative estimate of drug-likeness (QED) is 0.177. The summed E-state index contributed by atoms with van der Waals surface area (Å²) >= 11 is 9.81. The largest absolute Gasteiger partial charge is 0.486 e. The highest BCUT2D eigenvalue weighted by Crippen LogP contribution is 2.52. The Labute approximate surface area is 202 Å². The monoisotopic (exact) mass is 529 g/mol. The van der Waals surface area contributed by atoms with Crippen molar-refractivity contribution >= 4 is 51.2 Å². The molecule has 0 N–H and O–H groups in total. The number of non-ortho nitro benzene ring substituents is 1. The Morgan fingerprint density at radius 2 is 1.79 bits per heavy atom. The molecule has 2 amide bonds. The van der Waals surface area contributed by atoms with E-state index in [1.807, 2.05) is 12.2 Å². The predicted octanol–water partition coefficient (Wildman–Crippen LogP) is 4.73. The molecule has 1 saturated carbocycles. The number of imide groups is 1. The molecular formula is C23H17BrClN3O5. The van der Waals surface area contributed by atoms with Crippen molar-refractivity contribution in [3.63, 3.8) is 0 Å². The summed E-state index contributed by atoms with van der Waals surface area (Å²) < 4.78 is 6.35. The number of benzene rings is 2. The van der Waals surface area contributed by atoms with Gasteiger partial charge in [0, 0.05) is 12.1 Å². The van der Waals surface area contributed by atoms with Crippen LogP contribution in [0.5, 0.6) is 5.75 Å². The molecule has 1 aliphatic heterocycles. The Morgan fingerprint density at radius 3 is 2.36 bits per heavy atom. The van der Waals surface area contributed by atoms with Gasteiger partial charge in [0.1, 0.15) is 6.61 Å². The second-order valence-electron chi connectivity index (χ2n) is 8.26. The highest BCUT2D eigenvalue weighted by molar-refractivity contribution is 9.10. The maximum absolute atomic E-state index is 12.7. The third kappa shape index (κ3) is 3.85. The third-order valence-electron chi connectivity index (χ3n) is 6.32. The van der Waals surface area contributed by atoms with Gasteiger partial charge in [-0.1, -0.05) is 23.8 Å². The smallest absolute Gasteiger partial charge is 0.269 e.